The number of ketones is 1. The first-order chi connectivity index (χ1) is 8.74. The third-order valence-electron chi connectivity index (χ3n) is 3.13. The Morgan fingerprint density at radius 3 is 2.72 bits per heavy atom. The van der Waals surface area contributed by atoms with Crippen LogP contribution in [0.1, 0.15) is 27.2 Å². The minimum Gasteiger partial charge on any atom is -0.289 e. The number of aryl methyl sites for hydroxylation is 1. The lowest BCUT2D eigenvalue weighted by atomic mass is 9.86. The summed E-state index contributed by atoms with van der Waals surface area (Å²) in [6, 6.07) is 12.0. The third kappa shape index (κ3) is 2.20. The maximum atomic E-state index is 12.4. The molecule has 0 fully saturated rings. The zero-order chi connectivity index (χ0) is 12.5. The van der Waals surface area contributed by atoms with E-state index in [2.05, 4.69) is 15.9 Å². The second-order valence-electron chi connectivity index (χ2n) is 4.30. The van der Waals surface area contributed by atoms with Gasteiger partial charge >= 0.3 is 0 Å². The fourth-order valence-corrected chi connectivity index (χ4v) is 3.62. The Hall–Kier alpha value is -1.19. The van der Waals surface area contributed by atoms with Crippen LogP contribution < -0.4 is 0 Å². The molecule has 0 saturated carbocycles. The number of hydrogen-bond donors (Lipinski definition) is 0. The molecule has 1 aliphatic carbocycles. The van der Waals surface area contributed by atoms with Crippen molar-refractivity contribution >= 4 is 39.1 Å². The smallest absolute Gasteiger partial charge is 0.189 e. The lowest BCUT2D eigenvalue weighted by molar-refractivity contribution is 0.102. The number of carbonyl (C=O) groups is 1. The third-order valence-corrected chi connectivity index (χ3v) is 4.70. The number of carbonyl (C=O) groups excluding carboxylic acids is 1. The second kappa shape index (κ2) is 4.82. The number of Topliss-reactive ketones (excluding diaryl/α,β-unsaturated/α-hetero) is 1. The molecule has 1 heterocycles. The maximum Gasteiger partial charge on any atom is 0.189 e. The highest BCUT2D eigenvalue weighted by Crippen LogP contribution is 2.29. The van der Waals surface area contributed by atoms with Crippen molar-refractivity contribution in [2.75, 3.05) is 0 Å². The van der Waals surface area contributed by atoms with Gasteiger partial charge in [0.1, 0.15) is 0 Å². The molecule has 0 radical (unpaired) electrons. The summed E-state index contributed by atoms with van der Waals surface area (Å²) in [6.45, 7) is 0. The molecule has 0 amide bonds. The van der Waals surface area contributed by atoms with Crippen LogP contribution in [0.3, 0.4) is 0 Å². The summed E-state index contributed by atoms with van der Waals surface area (Å²) in [6.07, 6.45) is 3.82. The fourth-order valence-electron chi connectivity index (χ4n) is 2.23. The molecular formula is C15H11BrOS. The highest BCUT2D eigenvalue weighted by atomic mass is 79.9. The number of allylic oxidation sites excluding steroid dienone is 1. The van der Waals surface area contributed by atoms with E-state index in [9.17, 15) is 4.79 Å². The zero-order valence-electron chi connectivity index (χ0n) is 9.65. The van der Waals surface area contributed by atoms with E-state index >= 15 is 0 Å². The van der Waals surface area contributed by atoms with Gasteiger partial charge in [-0.2, -0.15) is 0 Å². The quantitative estimate of drug-likeness (QED) is 0.695. The van der Waals surface area contributed by atoms with E-state index in [4.69, 9.17) is 0 Å². The van der Waals surface area contributed by atoms with E-state index in [-0.39, 0.29) is 5.78 Å². The van der Waals surface area contributed by atoms with Gasteiger partial charge in [0.05, 0.1) is 3.79 Å². The molecule has 0 aliphatic heterocycles. The van der Waals surface area contributed by atoms with Crippen molar-refractivity contribution in [3.05, 3.63) is 61.8 Å². The average molecular weight is 319 g/mol. The Morgan fingerprint density at radius 1 is 1.11 bits per heavy atom. The molecule has 2 aromatic rings. The molecule has 0 bridgehead atoms. The standard InChI is InChI=1S/C15H11BrOS/c16-14-8-7-12(18-14)9-11-6-5-10-3-1-2-4-13(10)15(11)17/h1-4,7-9H,5-6H2/b11-9+. The number of rotatable bonds is 1. The van der Waals surface area contributed by atoms with Crippen LogP contribution in [-0.2, 0) is 6.42 Å². The Kier molecular flexibility index (Phi) is 3.18. The Labute approximate surface area is 118 Å². The number of halogens is 1. The van der Waals surface area contributed by atoms with Crippen LogP contribution in [0.2, 0.25) is 0 Å². The molecule has 90 valence electrons. The highest BCUT2D eigenvalue weighted by Gasteiger charge is 2.21. The van der Waals surface area contributed by atoms with E-state index in [1.54, 1.807) is 11.3 Å². The summed E-state index contributed by atoms with van der Waals surface area (Å²) in [5.74, 6) is 0.182. The molecule has 1 nitrogen and oxygen atoms in total. The van der Waals surface area contributed by atoms with E-state index in [1.807, 2.05) is 42.5 Å². The van der Waals surface area contributed by atoms with Crippen molar-refractivity contribution in [1.29, 1.82) is 0 Å². The molecule has 1 aliphatic rings. The largest absolute Gasteiger partial charge is 0.289 e. The lowest BCUT2D eigenvalue weighted by Crippen LogP contribution is -2.13. The second-order valence-corrected chi connectivity index (χ2v) is 6.79. The van der Waals surface area contributed by atoms with E-state index in [0.717, 1.165) is 32.6 Å². The molecule has 0 atom stereocenters. The SMILES string of the molecule is O=C1/C(=C/c2ccc(Br)s2)CCc2ccccc21. The van der Waals surface area contributed by atoms with Crippen molar-refractivity contribution < 1.29 is 4.79 Å². The van der Waals surface area contributed by atoms with Crippen molar-refractivity contribution in [2.45, 2.75) is 12.8 Å². The molecule has 18 heavy (non-hydrogen) atoms. The minimum absolute atomic E-state index is 0.182. The van der Waals surface area contributed by atoms with Crippen molar-refractivity contribution in [1.82, 2.24) is 0 Å². The number of hydrogen-bond acceptors (Lipinski definition) is 2. The van der Waals surface area contributed by atoms with Crippen molar-refractivity contribution in [3.8, 4) is 0 Å². The molecule has 1 aromatic carbocycles. The molecule has 0 spiro atoms. The zero-order valence-corrected chi connectivity index (χ0v) is 12.1. The van der Waals surface area contributed by atoms with Gasteiger partial charge in [-0.15, -0.1) is 11.3 Å². The number of fused-ring (bicyclic) bond motifs is 1. The predicted molar refractivity (Wildman–Crippen MR) is 79.1 cm³/mol. The van der Waals surface area contributed by atoms with Gasteiger partial charge in [-0.05, 0) is 52.5 Å². The van der Waals surface area contributed by atoms with E-state index < -0.39 is 0 Å². The van der Waals surface area contributed by atoms with E-state index in [1.165, 1.54) is 5.56 Å². The Bertz CT molecular complexity index is 639. The lowest BCUT2D eigenvalue weighted by Gasteiger charge is -2.16. The van der Waals surface area contributed by atoms with Crippen LogP contribution >= 0.6 is 27.3 Å². The van der Waals surface area contributed by atoms with Gasteiger partial charge in [0.2, 0.25) is 0 Å². The molecule has 1 aromatic heterocycles. The molecule has 3 rings (SSSR count). The van der Waals surface area contributed by atoms with Crippen molar-refractivity contribution in [2.24, 2.45) is 0 Å². The first-order valence-electron chi connectivity index (χ1n) is 5.82. The summed E-state index contributed by atoms with van der Waals surface area (Å²) in [7, 11) is 0. The van der Waals surface area contributed by atoms with Gasteiger partial charge in [-0.3, -0.25) is 4.79 Å². The maximum absolute atomic E-state index is 12.4. The first kappa shape index (κ1) is 11.9. The van der Waals surface area contributed by atoms with Crippen LogP contribution in [0.5, 0.6) is 0 Å². The summed E-state index contributed by atoms with van der Waals surface area (Å²) in [4.78, 5) is 13.5. The van der Waals surface area contributed by atoms with Gasteiger partial charge in [0.15, 0.2) is 5.78 Å². The first-order valence-corrected chi connectivity index (χ1v) is 7.43. The predicted octanol–water partition coefficient (Wildman–Crippen LogP) is 4.72. The molecule has 3 heteroatoms. The van der Waals surface area contributed by atoms with Crippen LogP contribution in [-0.4, -0.2) is 5.78 Å². The van der Waals surface area contributed by atoms with Crippen LogP contribution in [0.4, 0.5) is 0 Å². The average Bonchev–Trinajstić information content (AvgIpc) is 2.79. The van der Waals surface area contributed by atoms with Gasteiger partial charge in [0.25, 0.3) is 0 Å². The summed E-state index contributed by atoms with van der Waals surface area (Å²) in [5.41, 5.74) is 2.96. The minimum atomic E-state index is 0.182. The molecule has 0 unspecified atom stereocenters. The Balaban J connectivity index is 1.98. The molecular weight excluding hydrogens is 308 g/mol. The molecule has 0 N–H and O–H groups in total. The van der Waals surface area contributed by atoms with Crippen LogP contribution in [0.15, 0.2) is 45.8 Å². The number of benzene rings is 1. The van der Waals surface area contributed by atoms with Crippen LogP contribution in [0, 0.1) is 0 Å². The van der Waals surface area contributed by atoms with Gasteiger partial charge in [0, 0.05) is 16.0 Å². The van der Waals surface area contributed by atoms with Crippen molar-refractivity contribution in [3.63, 3.8) is 0 Å². The molecule has 0 saturated heterocycles. The summed E-state index contributed by atoms with van der Waals surface area (Å²) >= 11 is 5.09. The normalized spacial score (nSPS) is 16.9. The van der Waals surface area contributed by atoms with Crippen LogP contribution in [0.25, 0.3) is 6.08 Å². The highest BCUT2D eigenvalue weighted by molar-refractivity contribution is 9.11. The monoisotopic (exact) mass is 318 g/mol. The van der Waals surface area contributed by atoms with Gasteiger partial charge in [-0.1, -0.05) is 24.3 Å². The fraction of sp³-hybridized carbons (Fsp3) is 0.133. The van der Waals surface area contributed by atoms with E-state index in [0.29, 0.717) is 0 Å². The topological polar surface area (TPSA) is 17.1 Å². The van der Waals surface area contributed by atoms with Gasteiger partial charge < -0.3 is 0 Å². The van der Waals surface area contributed by atoms with Gasteiger partial charge in [-0.25, -0.2) is 0 Å². The summed E-state index contributed by atoms with van der Waals surface area (Å²) in [5, 5.41) is 0. The number of thiophene rings is 1. The Morgan fingerprint density at radius 2 is 1.94 bits per heavy atom. The summed E-state index contributed by atoms with van der Waals surface area (Å²) < 4.78 is 1.10.